The molecule has 0 unspecified atom stereocenters. The Morgan fingerprint density at radius 2 is 1.85 bits per heavy atom. The summed E-state index contributed by atoms with van der Waals surface area (Å²) >= 11 is 5.89. The number of hydrogen-bond acceptors (Lipinski definition) is 6. The summed E-state index contributed by atoms with van der Waals surface area (Å²) < 4.78 is 38.2. The molecule has 2 aromatic heterocycles. The van der Waals surface area contributed by atoms with Gasteiger partial charge in [0.05, 0.1) is 11.1 Å². The number of aromatic nitrogens is 2. The molecule has 0 radical (unpaired) electrons. The van der Waals surface area contributed by atoms with E-state index in [2.05, 4.69) is 14.7 Å². The third-order valence-corrected chi connectivity index (χ3v) is 5.18. The number of nitrogens with zero attached hydrogens (tertiary/aromatic N) is 2. The van der Waals surface area contributed by atoms with Gasteiger partial charge in [0.25, 0.3) is 10.0 Å². The minimum atomic E-state index is -3.86. The summed E-state index contributed by atoms with van der Waals surface area (Å²) in [6.07, 6.45) is 1.60. The summed E-state index contributed by atoms with van der Waals surface area (Å²) in [7, 11) is -3.86. The fraction of sp³-hybridized carbons (Fsp3) is 0.0588. The lowest BCUT2D eigenvalue weighted by Crippen LogP contribution is -2.13. The number of hydrogen-bond donors (Lipinski definition) is 1. The van der Waals surface area contributed by atoms with Gasteiger partial charge >= 0.3 is 6.01 Å². The predicted molar refractivity (Wildman–Crippen MR) is 96.5 cm³/mol. The first kappa shape index (κ1) is 16.6. The lowest BCUT2D eigenvalue weighted by molar-refractivity contribution is 0.542. The third kappa shape index (κ3) is 3.16. The first-order chi connectivity index (χ1) is 12.4. The van der Waals surface area contributed by atoms with Crippen molar-refractivity contribution >= 4 is 38.7 Å². The van der Waals surface area contributed by atoms with Gasteiger partial charge in [0.1, 0.15) is 11.3 Å². The maximum atomic E-state index is 12.5. The topological polar surface area (TPSA) is 98.2 Å². The fourth-order valence-electron chi connectivity index (χ4n) is 2.38. The SMILES string of the molecule is Cc1cnc(-c2ccc(S(=O)(=O)Nc3nc4cc(Cl)ccc4o3)cc2)o1. The Balaban J connectivity index is 1.61. The second-order valence-corrected chi connectivity index (χ2v) is 7.66. The molecule has 132 valence electrons. The molecule has 0 fully saturated rings. The zero-order valence-electron chi connectivity index (χ0n) is 13.4. The Morgan fingerprint density at radius 1 is 1.08 bits per heavy atom. The maximum absolute atomic E-state index is 12.5. The Bertz CT molecular complexity index is 1200. The number of oxazole rings is 2. The molecule has 1 N–H and O–H groups in total. The summed E-state index contributed by atoms with van der Waals surface area (Å²) in [5.41, 5.74) is 1.57. The van der Waals surface area contributed by atoms with Crippen LogP contribution in [0.3, 0.4) is 0 Å². The fourth-order valence-corrected chi connectivity index (χ4v) is 3.48. The summed E-state index contributed by atoms with van der Waals surface area (Å²) in [6, 6.07) is 10.9. The summed E-state index contributed by atoms with van der Waals surface area (Å²) in [4.78, 5) is 8.26. The molecule has 4 aromatic rings. The summed E-state index contributed by atoms with van der Waals surface area (Å²) in [5, 5.41) is 0.484. The van der Waals surface area contributed by atoms with Crippen LogP contribution < -0.4 is 4.72 Å². The van der Waals surface area contributed by atoms with E-state index in [9.17, 15) is 8.42 Å². The first-order valence-electron chi connectivity index (χ1n) is 7.52. The van der Waals surface area contributed by atoms with Gasteiger partial charge in [-0.05, 0) is 49.4 Å². The van der Waals surface area contributed by atoms with Crippen molar-refractivity contribution in [2.45, 2.75) is 11.8 Å². The number of halogens is 1. The van der Waals surface area contributed by atoms with E-state index in [0.29, 0.717) is 33.3 Å². The standard InChI is InChI=1S/C17H12ClN3O4S/c1-10-9-19-16(24-10)11-2-5-13(6-3-11)26(22,23)21-17-20-14-8-12(18)4-7-15(14)25-17/h2-9H,1H3,(H,20,21). The van der Waals surface area contributed by atoms with E-state index >= 15 is 0 Å². The molecule has 0 amide bonds. The van der Waals surface area contributed by atoms with Gasteiger partial charge < -0.3 is 8.83 Å². The number of aryl methyl sites for hydroxylation is 1. The monoisotopic (exact) mass is 389 g/mol. The molecule has 7 nitrogen and oxygen atoms in total. The van der Waals surface area contributed by atoms with Crippen LogP contribution in [-0.2, 0) is 10.0 Å². The van der Waals surface area contributed by atoms with Crippen molar-refractivity contribution in [3.05, 3.63) is 59.4 Å². The molecule has 0 atom stereocenters. The molecular weight excluding hydrogens is 378 g/mol. The van der Waals surface area contributed by atoms with Crippen LogP contribution in [0.25, 0.3) is 22.6 Å². The molecule has 0 bridgehead atoms. The van der Waals surface area contributed by atoms with Gasteiger partial charge in [-0.1, -0.05) is 11.6 Å². The van der Waals surface area contributed by atoms with Crippen LogP contribution in [-0.4, -0.2) is 18.4 Å². The van der Waals surface area contributed by atoms with Crippen molar-refractivity contribution in [3.8, 4) is 11.5 Å². The van der Waals surface area contributed by atoms with Crippen LogP contribution in [0, 0.1) is 6.92 Å². The van der Waals surface area contributed by atoms with Crippen LogP contribution in [0.1, 0.15) is 5.76 Å². The zero-order valence-corrected chi connectivity index (χ0v) is 15.0. The lowest BCUT2D eigenvalue weighted by atomic mass is 10.2. The van der Waals surface area contributed by atoms with Crippen LogP contribution in [0.15, 0.2) is 62.4 Å². The van der Waals surface area contributed by atoms with Gasteiger partial charge in [-0.3, -0.25) is 0 Å². The minimum Gasteiger partial charge on any atom is -0.441 e. The molecule has 0 aliphatic heterocycles. The van der Waals surface area contributed by atoms with E-state index in [4.69, 9.17) is 20.4 Å². The van der Waals surface area contributed by atoms with Crippen LogP contribution in [0.4, 0.5) is 6.01 Å². The highest BCUT2D eigenvalue weighted by Crippen LogP contribution is 2.25. The molecule has 0 aliphatic carbocycles. The van der Waals surface area contributed by atoms with Gasteiger partial charge in [0, 0.05) is 10.6 Å². The Hall–Kier alpha value is -2.84. The minimum absolute atomic E-state index is 0.0600. The number of fused-ring (bicyclic) bond motifs is 1. The summed E-state index contributed by atoms with van der Waals surface area (Å²) in [5.74, 6) is 1.10. The number of anilines is 1. The van der Waals surface area contributed by atoms with E-state index in [-0.39, 0.29) is 10.9 Å². The van der Waals surface area contributed by atoms with Gasteiger partial charge in [-0.2, -0.15) is 4.98 Å². The van der Waals surface area contributed by atoms with Crippen LogP contribution >= 0.6 is 11.6 Å². The van der Waals surface area contributed by atoms with Crippen molar-refractivity contribution in [2.75, 3.05) is 4.72 Å². The van der Waals surface area contributed by atoms with Gasteiger partial charge in [-0.25, -0.2) is 18.1 Å². The summed E-state index contributed by atoms with van der Waals surface area (Å²) in [6.45, 7) is 1.78. The van der Waals surface area contributed by atoms with E-state index in [1.54, 1.807) is 43.5 Å². The number of nitrogens with one attached hydrogen (secondary N) is 1. The predicted octanol–water partition coefficient (Wildman–Crippen LogP) is 4.25. The van der Waals surface area contributed by atoms with E-state index in [1.807, 2.05) is 0 Å². The molecule has 2 aromatic carbocycles. The van der Waals surface area contributed by atoms with Crippen molar-refractivity contribution in [1.82, 2.24) is 9.97 Å². The molecule has 9 heteroatoms. The molecule has 0 saturated heterocycles. The van der Waals surface area contributed by atoms with Crippen LogP contribution in [0.2, 0.25) is 5.02 Å². The van der Waals surface area contributed by atoms with E-state index in [0.717, 1.165) is 0 Å². The third-order valence-electron chi connectivity index (χ3n) is 3.60. The van der Waals surface area contributed by atoms with Gasteiger partial charge in [0.2, 0.25) is 5.89 Å². The molecular formula is C17H12ClN3O4S. The van der Waals surface area contributed by atoms with Crippen molar-refractivity contribution in [1.29, 1.82) is 0 Å². The molecule has 2 heterocycles. The molecule has 0 aliphatic rings. The molecule has 26 heavy (non-hydrogen) atoms. The van der Waals surface area contributed by atoms with Gasteiger partial charge in [0.15, 0.2) is 5.58 Å². The molecule has 0 spiro atoms. The number of benzene rings is 2. The number of sulfonamides is 1. The van der Waals surface area contributed by atoms with E-state index in [1.165, 1.54) is 12.1 Å². The zero-order chi connectivity index (χ0) is 18.3. The Labute approximate surface area is 153 Å². The maximum Gasteiger partial charge on any atom is 0.309 e. The highest BCUT2D eigenvalue weighted by Gasteiger charge is 2.18. The van der Waals surface area contributed by atoms with E-state index < -0.39 is 10.0 Å². The van der Waals surface area contributed by atoms with Crippen LogP contribution in [0.5, 0.6) is 0 Å². The normalized spacial score (nSPS) is 11.8. The Morgan fingerprint density at radius 3 is 2.54 bits per heavy atom. The largest absolute Gasteiger partial charge is 0.441 e. The van der Waals surface area contributed by atoms with Crippen molar-refractivity contribution in [2.24, 2.45) is 0 Å². The average molecular weight is 390 g/mol. The molecule has 4 rings (SSSR count). The van der Waals surface area contributed by atoms with Crippen molar-refractivity contribution in [3.63, 3.8) is 0 Å². The van der Waals surface area contributed by atoms with Gasteiger partial charge in [-0.15, -0.1) is 0 Å². The second kappa shape index (κ2) is 6.15. The molecule has 0 saturated carbocycles. The Kier molecular flexibility index (Phi) is 3.93. The number of rotatable bonds is 4. The first-order valence-corrected chi connectivity index (χ1v) is 9.39. The smallest absolute Gasteiger partial charge is 0.309 e. The average Bonchev–Trinajstić information content (AvgIpc) is 3.19. The lowest BCUT2D eigenvalue weighted by Gasteiger charge is -2.04. The second-order valence-electron chi connectivity index (χ2n) is 5.54. The quantitative estimate of drug-likeness (QED) is 0.560. The van der Waals surface area contributed by atoms with Crippen molar-refractivity contribution < 1.29 is 17.3 Å². The highest BCUT2D eigenvalue weighted by atomic mass is 35.5. The highest BCUT2D eigenvalue weighted by molar-refractivity contribution is 7.92.